The van der Waals surface area contributed by atoms with Crippen molar-refractivity contribution in [2.24, 2.45) is 0 Å². The summed E-state index contributed by atoms with van der Waals surface area (Å²) in [5.74, 6) is 1.04. The fourth-order valence-electron chi connectivity index (χ4n) is 1.81. The number of hydrogen-bond acceptors (Lipinski definition) is 4. The summed E-state index contributed by atoms with van der Waals surface area (Å²) in [7, 11) is -2.91. The van der Waals surface area contributed by atoms with E-state index in [0.717, 1.165) is 30.0 Å². The van der Waals surface area contributed by atoms with Gasteiger partial charge in [0, 0.05) is 18.4 Å². The molecular weight excluding hydrogens is 262 g/mol. The molecule has 0 amide bonds. The van der Waals surface area contributed by atoms with Crippen molar-refractivity contribution in [1.82, 2.24) is 5.32 Å². The number of nitrogens with one attached hydrogen (secondary N) is 1. The predicted octanol–water partition coefficient (Wildman–Crippen LogP) is 1.92. The number of rotatable bonds is 8. The molecule has 108 valence electrons. The summed E-state index contributed by atoms with van der Waals surface area (Å²) < 4.78 is 27.9. The van der Waals surface area contributed by atoms with Crippen LogP contribution in [0.3, 0.4) is 0 Å². The van der Waals surface area contributed by atoms with Crippen molar-refractivity contribution in [1.29, 1.82) is 0 Å². The second kappa shape index (κ2) is 7.50. The molecule has 0 aliphatic heterocycles. The maximum absolute atomic E-state index is 11.1. The standard InChI is InChI=1S/C14H23NO3S/c1-4-15-11-13-8-5-7-12(2)14(13)18-9-6-10-19(3,16)17/h5,7-8,15H,4,6,9-11H2,1-3H3. The van der Waals surface area contributed by atoms with Gasteiger partial charge in [0.15, 0.2) is 0 Å². The molecule has 0 aliphatic rings. The van der Waals surface area contributed by atoms with E-state index in [-0.39, 0.29) is 5.75 Å². The van der Waals surface area contributed by atoms with Crippen LogP contribution in [0, 0.1) is 6.92 Å². The third kappa shape index (κ3) is 6.07. The van der Waals surface area contributed by atoms with Gasteiger partial charge in [-0.05, 0) is 25.5 Å². The van der Waals surface area contributed by atoms with Gasteiger partial charge in [0.25, 0.3) is 0 Å². The van der Waals surface area contributed by atoms with Crippen LogP contribution in [0.25, 0.3) is 0 Å². The van der Waals surface area contributed by atoms with Crippen LogP contribution >= 0.6 is 0 Å². The van der Waals surface area contributed by atoms with Crippen LogP contribution in [0.4, 0.5) is 0 Å². The van der Waals surface area contributed by atoms with Crippen LogP contribution in [0.2, 0.25) is 0 Å². The lowest BCUT2D eigenvalue weighted by atomic mass is 10.1. The van der Waals surface area contributed by atoms with Crippen LogP contribution in [-0.2, 0) is 16.4 Å². The predicted molar refractivity (Wildman–Crippen MR) is 78.4 cm³/mol. The average Bonchev–Trinajstić information content (AvgIpc) is 2.32. The lowest BCUT2D eigenvalue weighted by Crippen LogP contribution is -2.14. The molecule has 0 aliphatic carbocycles. The minimum Gasteiger partial charge on any atom is -0.493 e. The second-order valence-electron chi connectivity index (χ2n) is 4.68. The van der Waals surface area contributed by atoms with Gasteiger partial charge in [0.05, 0.1) is 12.4 Å². The highest BCUT2D eigenvalue weighted by atomic mass is 32.2. The molecule has 0 unspecified atom stereocenters. The lowest BCUT2D eigenvalue weighted by molar-refractivity contribution is 0.311. The van der Waals surface area contributed by atoms with Crippen molar-refractivity contribution in [2.45, 2.75) is 26.8 Å². The monoisotopic (exact) mass is 285 g/mol. The van der Waals surface area contributed by atoms with Crippen LogP contribution in [0.15, 0.2) is 18.2 Å². The average molecular weight is 285 g/mol. The second-order valence-corrected chi connectivity index (χ2v) is 6.94. The minimum atomic E-state index is -2.91. The van der Waals surface area contributed by atoms with Crippen LogP contribution in [-0.4, -0.2) is 33.6 Å². The van der Waals surface area contributed by atoms with E-state index in [1.807, 2.05) is 25.1 Å². The van der Waals surface area contributed by atoms with E-state index < -0.39 is 9.84 Å². The van der Waals surface area contributed by atoms with Crippen LogP contribution in [0.5, 0.6) is 5.75 Å². The van der Waals surface area contributed by atoms with Gasteiger partial charge in [-0.2, -0.15) is 0 Å². The van der Waals surface area contributed by atoms with E-state index in [2.05, 4.69) is 12.2 Å². The first-order valence-corrected chi connectivity index (χ1v) is 8.60. The molecule has 1 aromatic rings. The lowest BCUT2D eigenvalue weighted by Gasteiger charge is -2.14. The molecule has 0 aromatic heterocycles. The van der Waals surface area contributed by atoms with Gasteiger partial charge in [0.1, 0.15) is 15.6 Å². The van der Waals surface area contributed by atoms with E-state index in [1.165, 1.54) is 6.26 Å². The van der Waals surface area contributed by atoms with Gasteiger partial charge in [-0.3, -0.25) is 0 Å². The van der Waals surface area contributed by atoms with Crippen LogP contribution < -0.4 is 10.1 Å². The van der Waals surface area contributed by atoms with E-state index in [9.17, 15) is 8.42 Å². The number of benzene rings is 1. The summed E-state index contributed by atoms with van der Waals surface area (Å²) in [5.41, 5.74) is 2.19. The van der Waals surface area contributed by atoms with Gasteiger partial charge in [-0.25, -0.2) is 8.42 Å². The Morgan fingerprint density at radius 2 is 2.05 bits per heavy atom. The van der Waals surface area contributed by atoms with Crippen molar-refractivity contribution in [3.05, 3.63) is 29.3 Å². The van der Waals surface area contributed by atoms with Gasteiger partial charge >= 0.3 is 0 Å². The van der Waals surface area contributed by atoms with E-state index in [4.69, 9.17) is 4.74 Å². The molecule has 0 bridgehead atoms. The Bertz CT molecular complexity index is 497. The molecule has 0 saturated heterocycles. The Balaban J connectivity index is 2.60. The molecule has 0 heterocycles. The topological polar surface area (TPSA) is 55.4 Å². The number of sulfone groups is 1. The summed E-state index contributed by atoms with van der Waals surface area (Å²) in [4.78, 5) is 0. The number of para-hydroxylation sites is 1. The van der Waals surface area contributed by atoms with Crippen molar-refractivity contribution < 1.29 is 13.2 Å². The largest absolute Gasteiger partial charge is 0.493 e. The van der Waals surface area contributed by atoms with Crippen molar-refractivity contribution >= 4 is 9.84 Å². The van der Waals surface area contributed by atoms with Crippen molar-refractivity contribution in [2.75, 3.05) is 25.2 Å². The van der Waals surface area contributed by atoms with Crippen molar-refractivity contribution in [3.8, 4) is 5.75 Å². The number of aryl methyl sites for hydroxylation is 1. The van der Waals surface area contributed by atoms with Gasteiger partial charge in [-0.15, -0.1) is 0 Å². The first-order valence-electron chi connectivity index (χ1n) is 6.53. The molecule has 5 heteroatoms. The van der Waals surface area contributed by atoms with Gasteiger partial charge in [0.2, 0.25) is 0 Å². The fraction of sp³-hybridized carbons (Fsp3) is 0.571. The van der Waals surface area contributed by atoms with Gasteiger partial charge in [-0.1, -0.05) is 25.1 Å². The zero-order valence-corrected chi connectivity index (χ0v) is 12.7. The molecule has 1 N–H and O–H groups in total. The third-order valence-electron chi connectivity index (χ3n) is 2.76. The quantitative estimate of drug-likeness (QED) is 0.741. The molecule has 0 radical (unpaired) electrons. The number of ether oxygens (including phenoxy) is 1. The zero-order chi connectivity index (χ0) is 14.3. The first kappa shape index (κ1) is 16.0. The Hall–Kier alpha value is -1.07. The van der Waals surface area contributed by atoms with E-state index in [0.29, 0.717) is 13.0 Å². The smallest absolute Gasteiger partial charge is 0.147 e. The zero-order valence-electron chi connectivity index (χ0n) is 11.9. The van der Waals surface area contributed by atoms with Gasteiger partial charge < -0.3 is 10.1 Å². The summed E-state index contributed by atoms with van der Waals surface area (Å²) >= 11 is 0. The Kier molecular flexibility index (Phi) is 6.31. The van der Waals surface area contributed by atoms with E-state index >= 15 is 0 Å². The Labute approximate surface area is 116 Å². The molecule has 1 rings (SSSR count). The maximum Gasteiger partial charge on any atom is 0.147 e. The number of hydrogen-bond donors (Lipinski definition) is 1. The highest BCUT2D eigenvalue weighted by Crippen LogP contribution is 2.23. The normalized spacial score (nSPS) is 11.5. The summed E-state index contributed by atoms with van der Waals surface area (Å²) in [6.07, 6.45) is 1.77. The minimum absolute atomic E-state index is 0.168. The fourth-order valence-corrected chi connectivity index (χ4v) is 2.46. The third-order valence-corrected chi connectivity index (χ3v) is 3.80. The molecule has 0 fully saturated rings. The molecule has 4 nitrogen and oxygen atoms in total. The molecule has 0 spiro atoms. The molecular formula is C14H23NO3S. The molecule has 0 atom stereocenters. The summed E-state index contributed by atoms with van der Waals surface area (Å²) in [6.45, 7) is 6.15. The Morgan fingerprint density at radius 3 is 2.68 bits per heavy atom. The summed E-state index contributed by atoms with van der Waals surface area (Å²) in [5, 5.41) is 3.27. The molecule has 1 aromatic carbocycles. The SMILES string of the molecule is CCNCc1cccc(C)c1OCCCS(C)(=O)=O. The molecule has 19 heavy (non-hydrogen) atoms. The van der Waals surface area contributed by atoms with Crippen molar-refractivity contribution in [3.63, 3.8) is 0 Å². The van der Waals surface area contributed by atoms with E-state index in [1.54, 1.807) is 0 Å². The summed E-state index contributed by atoms with van der Waals surface area (Å²) in [6, 6.07) is 6.04. The maximum atomic E-state index is 11.1. The van der Waals surface area contributed by atoms with Crippen LogP contribution in [0.1, 0.15) is 24.5 Å². The molecule has 0 saturated carbocycles. The first-order chi connectivity index (χ1) is 8.94. The Morgan fingerprint density at radius 1 is 1.32 bits per heavy atom. The highest BCUT2D eigenvalue weighted by Gasteiger charge is 2.07. The highest BCUT2D eigenvalue weighted by molar-refractivity contribution is 7.90.